The Morgan fingerprint density at radius 2 is 1.79 bits per heavy atom. The van der Waals surface area contributed by atoms with Gasteiger partial charge in [-0.05, 0) is 12.2 Å². The number of carbonyl (C=O) groups excluding carboxylic acids is 1. The Bertz CT molecular complexity index is 586. The highest BCUT2D eigenvalue weighted by Crippen LogP contribution is 2.25. The zero-order valence-corrected chi connectivity index (χ0v) is 10.2. The Balaban J connectivity index is 2.47. The Morgan fingerprint density at radius 3 is 2.37 bits per heavy atom. The van der Waals surface area contributed by atoms with E-state index in [1.165, 1.54) is 12.2 Å². The van der Waals surface area contributed by atoms with E-state index in [9.17, 15) is 9.59 Å². The number of Topliss-reactive ketones (excluding diaryl/α,β-unsaturated/α-hetero) is 1. The number of benzene rings is 1. The SMILES string of the molecule is NC1(N)C=CC(C(=O)O)=C(C(=O)c2ccccc2)C1. The van der Waals surface area contributed by atoms with Crippen molar-refractivity contribution in [2.24, 2.45) is 11.5 Å². The molecule has 0 aromatic heterocycles. The maximum Gasteiger partial charge on any atom is 0.336 e. The second kappa shape index (κ2) is 4.79. The fourth-order valence-electron chi connectivity index (χ4n) is 1.97. The largest absolute Gasteiger partial charge is 0.478 e. The summed E-state index contributed by atoms with van der Waals surface area (Å²) in [6, 6.07) is 8.46. The quantitative estimate of drug-likeness (QED) is 0.549. The Labute approximate surface area is 110 Å². The number of hydrogen-bond donors (Lipinski definition) is 3. The molecule has 0 heterocycles. The van der Waals surface area contributed by atoms with Crippen LogP contribution in [0.1, 0.15) is 16.8 Å². The van der Waals surface area contributed by atoms with Crippen LogP contribution in [0.5, 0.6) is 0 Å². The second-order valence-corrected chi connectivity index (χ2v) is 4.52. The van der Waals surface area contributed by atoms with Crippen LogP contribution in [0.25, 0.3) is 0 Å². The number of ketones is 1. The van der Waals surface area contributed by atoms with E-state index in [0.29, 0.717) is 5.56 Å². The van der Waals surface area contributed by atoms with Crippen LogP contribution in [0.4, 0.5) is 0 Å². The van der Waals surface area contributed by atoms with Gasteiger partial charge >= 0.3 is 5.97 Å². The molecule has 0 unspecified atom stereocenters. The molecule has 5 heteroatoms. The van der Waals surface area contributed by atoms with Crippen molar-refractivity contribution in [2.45, 2.75) is 12.1 Å². The summed E-state index contributed by atoms with van der Waals surface area (Å²) >= 11 is 0. The number of aliphatic carboxylic acids is 1. The molecular weight excluding hydrogens is 244 g/mol. The molecule has 0 bridgehead atoms. The third-order valence-electron chi connectivity index (χ3n) is 2.91. The average molecular weight is 258 g/mol. The minimum absolute atomic E-state index is 0.00113. The number of carbonyl (C=O) groups is 2. The number of carboxylic acids is 1. The number of nitrogens with two attached hydrogens (primary N) is 2. The molecule has 0 fully saturated rings. The first-order valence-electron chi connectivity index (χ1n) is 5.74. The van der Waals surface area contributed by atoms with Crippen LogP contribution in [0.2, 0.25) is 0 Å². The molecule has 2 rings (SSSR count). The van der Waals surface area contributed by atoms with Crippen LogP contribution in [0.15, 0.2) is 53.6 Å². The van der Waals surface area contributed by atoms with E-state index >= 15 is 0 Å². The van der Waals surface area contributed by atoms with Crippen molar-refractivity contribution < 1.29 is 14.7 Å². The highest BCUT2D eigenvalue weighted by Gasteiger charge is 2.30. The summed E-state index contributed by atoms with van der Waals surface area (Å²) in [6.45, 7) is 0. The fourth-order valence-corrected chi connectivity index (χ4v) is 1.97. The molecule has 1 aromatic rings. The Hall–Kier alpha value is -2.24. The Morgan fingerprint density at radius 1 is 1.16 bits per heavy atom. The van der Waals surface area contributed by atoms with Gasteiger partial charge in [-0.15, -0.1) is 0 Å². The number of hydrogen-bond acceptors (Lipinski definition) is 4. The number of rotatable bonds is 3. The maximum absolute atomic E-state index is 12.3. The highest BCUT2D eigenvalue weighted by atomic mass is 16.4. The first-order chi connectivity index (χ1) is 8.91. The lowest BCUT2D eigenvalue weighted by molar-refractivity contribution is -0.132. The minimum Gasteiger partial charge on any atom is -0.478 e. The molecule has 0 amide bonds. The van der Waals surface area contributed by atoms with Crippen molar-refractivity contribution >= 4 is 11.8 Å². The monoisotopic (exact) mass is 258 g/mol. The summed E-state index contributed by atoms with van der Waals surface area (Å²) in [5, 5.41) is 9.13. The first kappa shape index (κ1) is 13.2. The van der Waals surface area contributed by atoms with Gasteiger partial charge in [0.25, 0.3) is 0 Å². The van der Waals surface area contributed by atoms with E-state index in [1.54, 1.807) is 30.3 Å². The van der Waals surface area contributed by atoms with Gasteiger partial charge in [0.15, 0.2) is 5.78 Å². The van der Waals surface area contributed by atoms with E-state index in [-0.39, 0.29) is 23.4 Å². The van der Waals surface area contributed by atoms with Gasteiger partial charge in [-0.3, -0.25) is 4.79 Å². The molecule has 1 aliphatic carbocycles. The van der Waals surface area contributed by atoms with Crippen molar-refractivity contribution in [3.8, 4) is 0 Å². The van der Waals surface area contributed by atoms with E-state index in [2.05, 4.69) is 0 Å². The molecule has 5 N–H and O–H groups in total. The predicted octanol–water partition coefficient (Wildman–Crippen LogP) is 0.824. The van der Waals surface area contributed by atoms with Gasteiger partial charge in [0, 0.05) is 17.6 Å². The zero-order chi connectivity index (χ0) is 14.0. The standard InChI is InChI=1S/C14H14N2O3/c15-14(16)7-6-10(13(18)19)11(8-14)12(17)9-4-2-1-3-5-9/h1-7H,8,15-16H2,(H,18,19). The number of carboxylic acid groups (broad SMARTS) is 1. The summed E-state index contributed by atoms with van der Waals surface area (Å²) in [5.41, 5.74) is 10.8. The predicted molar refractivity (Wildman–Crippen MR) is 70.3 cm³/mol. The third-order valence-corrected chi connectivity index (χ3v) is 2.91. The third kappa shape index (κ3) is 2.78. The van der Waals surface area contributed by atoms with Crippen LogP contribution in [0, 0.1) is 0 Å². The molecule has 1 aliphatic rings. The molecule has 0 saturated carbocycles. The maximum atomic E-state index is 12.3. The van der Waals surface area contributed by atoms with Gasteiger partial charge < -0.3 is 16.6 Å². The van der Waals surface area contributed by atoms with Crippen molar-refractivity contribution in [1.82, 2.24) is 0 Å². The average Bonchev–Trinajstić information content (AvgIpc) is 2.37. The highest BCUT2D eigenvalue weighted by molar-refractivity contribution is 6.13. The summed E-state index contributed by atoms with van der Waals surface area (Å²) < 4.78 is 0. The topological polar surface area (TPSA) is 106 Å². The van der Waals surface area contributed by atoms with Gasteiger partial charge in [0.1, 0.15) is 0 Å². The van der Waals surface area contributed by atoms with Crippen LogP contribution >= 0.6 is 0 Å². The van der Waals surface area contributed by atoms with E-state index < -0.39 is 11.6 Å². The molecule has 0 saturated heterocycles. The lowest BCUT2D eigenvalue weighted by atomic mass is 9.86. The molecule has 0 spiro atoms. The molecule has 98 valence electrons. The van der Waals surface area contributed by atoms with Crippen LogP contribution in [-0.4, -0.2) is 22.5 Å². The molecular formula is C14H14N2O3. The van der Waals surface area contributed by atoms with Crippen molar-refractivity contribution in [3.05, 3.63) is 59.2 Å². The summed E-state index contributed by atoms with van der Waals surface area (Å²) in [7, 11) is 0. The zero-order valence-electron chi connectivity index (χ0n) is 10.2. The van der Waals surface area contributed by atoms with Gasteiger partial charge in [0.2, 0.25) is 0 Å². The molecule has 5 nitrogen and oxygen atoms in total. The summed E-state index contributed by atoms with van der Waals surface area (Å²) in [6.07, 6.45) is 2.69. The summed E-state index contributed by atoms with van der Waals surface area (Å²) in [5.74, 6) is -1.52. The van der Waals surface area contributed by atoms with Crippen LogP contribution in [0.3, 0.4) is 0 Å². The normalized spacial score (nSPS) is 17.4. The smallest absolute Gasteiger partial charge is 0.336 e. The second-order valence-electron chi connectivity index (χ2n) is 4.52. The molecule has 19 heavy (non-hydrogen) atoms. The lowest BCUT2D eigenvalue weighted by Gasteiger charge is -2.26. The first-order valence-corrected chi connectivity index (χ1v) is 5.74. The minimum atomic E-state index is -1.20. The van der Waals surface area contributed by atoms with Crippen molar-refractivity contribution in [2.75, 3.05) is 0 Å². The van der Waals surface area contributed by atoms with Crippen LogP contribution in [-0.2, 0) is 4.79 Å². The molecule has 0 aliphatic heterocycles. The van der Waals surface area contributed by atoms with E-state index in [4.69, 9.17) is 16.6 Å². The van der Waals surface area contributed by atoms with Gasteiger partial charge in [-0.1, -0.05) is 30.3 Å². The van der Waals surface area contributed by atoms with E-state index in [0.717, 1.165) is 0 Å². The molecule has 0 atom stereocenters. The van der Waals surface area contributed by atoms with Crippen LogP contribution < -0.4 is 11.5 Å². The molecule has 0 radical (unpaired) electrons. The van der Waals surface area contributed by atoms with Gasteiger partial charge in [-0.25, -0.2) is 4.79 Å². The Kier molecular flexibility index (Phi) is 3.33. The van der Waals surface area contributed by atoms with Gasteiger partial charge in [0.05, 0.1) is 11.2 Å². The van der Waals surface area contributed by atoms with Gasteiger partial charge in [-0.2, -0.15) is 0 Å². The van der Waals surface area contributed by atoms with Crippen molar-refractivity contribution in [1.29, 1.82) is 0 Å². The summed E-state index contributed by atoms with van der Waals surface area (Å²) in [4.78, 5) is 23.5. The van der Waals surface area contributed by atoms with Crippen molar-refractivity contribution in [3.63, 3.8) is 0 Å². The van der Waals surface area contributed by atoms with E-state index in [1.807, 2.05) is 0 Å². The molecule has 1 aromatic carbocycles. The lowest BCUT2D eigenvalue weighted by Crippen LogP contribution is -2.49. The fraction of sp³-hybridized carbons (Fsp3) is 0.143.